The molecule has 0 spiro atoms. The second-order valence-electron chi connectivity index (χ2n) is 7.82. The Morgan fingerprint density at radius 2 is 1.73 bits per heavy atom. The van der Waals surface area contributed by atoms with E-state index in [0.717, 1.165) is 63.5 Å². The van der Waals surface area contributed by atoms with Gasteiger partial charge in [0.15, 0.2) is 0 Å². The molecule has 1 unspecified atom stereocenters. The predicted octanol–water partition coefficient (Wildman–Crippen LogP) is 3.94. The van der Waals surface area contributed by atoms with E-state index in [4.69, 9.17) is 0 Å². The molecule has 0 fully saturated rings. The van der Waals surface area contributed by atoms with Crippen LogP contribution in [0.5, 0.6) is 0 Å². The van der Waals surface area contributed by atoms with E-state index in [-0.39, 0.29) is 11.7 Å². The molecule has 6 heteroatoms. The minimum Gasteiger partial charge on any atom is -0.307 e. The minimum absolute atomic E-state index is 0.00851. The van der Waals surface area contributed by atoms with E-state index in [0.29, 0.717) is 0 Å². The minimum atomic E-state index is -3.62. The van der Waals surface area contributed by atoms with Crippen LogP contribution in [0.3, 0.4) is 0 Å². The van der Waals surface area contributed by atoms with Gasteiger partial charge in [-0.05, 0) is 73.1 Å². The van der Waals surface area contributed by atoms with E-state index < -0.39 is 16.1 Å². The van der Waals surface area contributed by atoms with Crippen molar-refractivity contribution >= 4 is 21.7 Å². The fourth-order valence-corrected chi connectivity index (χ4v) is 5.63. The first kappa shape index (κ1) is 19.2. The number of anilines is 1. The first-order chi connectivity index (χ1) is 12.4. The number of fused-ring (bicyclic) bond motifs is 2. The predicted molar refractivity (Wildman–Crippen MR) is 105 cm³/mol. The molecule has 2 amide bonds. The number of unbranched alkanes of at least 4 members (excludes halogenated alkanes) is 1. The summed E-state index contributed by atoms with van der Waals surface area (Å²) in [6.07, 6.45) is 9.12. The van der Waals surface area contributed by atoms with Crippen LogP contribution in [0.15, 0.2) is 6.07 Å². The Kier molecular flexibility index (Phi) is 5.90. The van der Waals surface area contributed by atoms with Gasteiger partial charge < -0.3 is 5.32 Å². The largest absolute Gasteiger partial charge is 0.332 e. The Labute approximate surface area is 157 Å². The lowest BCUT2D eigenvalue weighted by molar-refractivity contribution is 0.256. The molecule has 5 nitrogen and oxygen atoms in total. The molecule has 1 atom stereocenters. The first-order valence-electron chi connectivity index (χ1n) is 9.87. The number of rotatable bonds is 7. The van der Waals surface area contributed by atoms with Gasteiger partial charge in [-0.3, -0.25) is 0 Å². The molecule has 0 saturated carbocycles. The number of amides is 2. The monoisotopic (exact) mass is 378 g/mol. The summed E-state index contributed by atoms with van der Waals surface area (Å²) in [4.78, 5) is 12.4. The van der Waals surface area contributed by atoms with E-state index in [9.17, 15) is 13.2 Å². The molecule has 0 saturated heterocycles. The van der Waals surface area contributed by atoms with Gasteiger partial charge in [-0.2, -0.15) is 0 Å². The lowest BCUT2D eigenvalue weighted by atomic mass is 9.99. The molecule has 1 aromatic carbocycles. The lowest BCUT2D eigenvalue weighted by Crippen LogP contribution is -2.37. The van der Waals surface area contributed by atoms with Crippen molar-refractivity contribution < 1.29 is 13.2 Å². The fourth-order valence-electron chi connectivity index (χ4n) is 4.30. The summed E-state index contributed by atoms with van der Waals surface area (Å²) < 4.78 is 26.8. The smallest absolute Gasteiger partial charge is 0.307 e. The summed E-state index contributed by atoms with van der Waals surface area (Å²) in [5, 5.41) is 2.89. The van der Waals surface area contributed by atoms with E-state index >= 15 is 0 Å². The molecule has 0 aliphatic heterocycles. The van der Waals surface area contributed by atoms with E-state index in [1.165, 1.54) is 22.3 Å². The van der Waals surface area contributed by atoms with E-state index in [1.807, 2.05) is 6.92 Å². The van der Waals surface area contributed by atoms with Crippen molar-refractivity contribution in [2.75, 3.05) is 11.1 Å². The molecule has 0 bridgehead atoms. The zero-order chi connectivity index (χ0) is 18.7. The Morgan fingerprint density at radius 3 is 2.31 bits per heavy atom. The molecule has 3 rings (SSSR count). The number of urea groups is 1. The van der Waals surface area contributed by atoms with Crippen LogP contribution in [0.2, 0.25) is 0 Å². The van der Waals surface area contributed by atoms with Crippen LogP contribution in [0.25, 0.3) is 0 Å². The standard InChI is InChI=1S/C20H30N2O3S/c1-3-4-7-14(2)13-26(24,25)22-20(23)21-19-17-10-5-8-15(17)12-16-9-6-11-18(16)19/h12,14H,3-11,13H2,1-2H3,(H2,21,22,23). The van der Waals surface area contributed by atoms with Gasteiger partial charge in [0.2, 0.25) is 10.0 Å². The van der Waals surface area contributed by atoms with E-state index in [1.54, 1.807) is 0 Å². The summed E-state index contributed by atoms with van der Waals surface area (Å²) in [7, 11) is -3.62. The maximum atomic E-state index is 12.4. The van der Waals surface area contributed by atoms with Gasteiger partial charge in [-0.25, -0.2) is 17.9 Å². The molecule has 2 aliphatic rings. The maximum absolute atomic E-state index is 12.4. The van der Waals surface area contributed by atoms with Crippen molar-refractivity contribution in [1.82, 2.24) is 4.72 Å². The summed E-state index contributed by atoms with van der Waals surface area (Å²) in [5.74, 6) is 0.0382. The lowest BCUT2D eigenvalue weighted by Gasteiger charge is -2.17. The van der Waals surface area contributed by atoms with Crippen LogP contribution in [-0.4, -0.2) is 20.2 Å². The number of nitrogens with one attached hydrogen (secondary N) is 2. The van der Waals surface area contributed by atoms with Crippen molar-refractivity contribution in [1.29, 1.82) is 0 Å². The van der Waals surface area contributed by atoms with Crippen molar-refractivity contribution in [3.63, 3.8) is 0 Å². The molecular weight excluding hydrogens is 348 g/mol. The van der Waals surface area contributed by atoms with Crippen LogP contribution in [0.4, 0.5) is 10.5 Å². The topological polar surface area (TPSA) is 75.3 Å². The number of hydrogen-bond donors (Lipinski definition) is 2. The molecule has 0 heterocycles. The number of carbonyl (C=O) groups excluding carboxylic acids is 1. The molecule has 2 aliphatic carbocycles. The van der Waals surface area contributed by atoms with Gasteiger partial charge in [-0.15, -0.1) is 0 Å². The van der Waals surface area contributed by atoms with Crippen molar-refractivity contribution in [3.8, 4) is 0 Å². The number of benzene rings is 1. The van der Waals surface area contributed by atoms with Gasteiger partial charge >= 0.3 is 6.03 Å². The highest BCUT2D eigenvalue weighted by Gasteiger charge is 2.26. The summed E-state index contributed by atoms with van der Waals surface area (Å²) in [6, 6.07) is 1.67. The second-order valence-corrected chi connectivity index (χ2v) is 9.59. The summed E-state index contributed by atoms with van der Waals surface area (Å²) in [6.45, 7) is 4.01. The number of hydrogen-bond acceptors (Lipinski definition) is 3. The summed E-state index contributed by atoms with van der Waals surface area (Å²) in [5.41, 5.74) is 5.91. The zero-order valence-electron chi connectivity index (χ0n) is 15.9. The number of sulfonamides is 1. The molecule has 2 N–H and O–H groups in total. The van der Waals surface area contributed by atoms with Crippen molar-refractivity contribution in [2.24, 2.45) is 5.92 Å². The number of carbonyl (C=O) groups is 1. The molecular formula is C20H30N2O3S. The van der Waals surface area contributed by atoms with Crippen LogP contribution in [-0.2, 0) is 35.7 Å². The molecule has 1 aromatic rings. The maximum Gasteiger partial charge on any atom is 0.332 e. The SMILES string of the molecule is CCCCC(C)CS(=O)(=O)NC(=O)Nc1c2c(cc3c1CCC3)CCC2. The van der Waals surface area contributed by atoms with Crippen LogP contribution in [0.1, 0.15) is 68.2 Å². The molecule has 0 radical (unpaired) electrons. The van der Waals surface area contributed by atoms with Crippen molar-refractivity contribution in [3.05, 3.63) is 28.3 Å². The third-order valence-corrected chi connectivity index (χ3v) is 7.02. The second kappa shape index (κ2) is 7.99. The average molecular weight is 379 g/mol. The third-order valence-electron chi connectivity index (χ3n) is 5.51. The molecule has 26 heavy (non-hydrogen) atoms. The third kappa shape index (κ3) is 4.40. The first-order valence-corrected chi connectivity index (χ1v) is 11.5. The quantitative estimate of drug-likeness (QED) is 0.754. The van der Waals surface area contributed by atoms with Gasteiger partial charge in [0.25, 0.3) is 0 Å². The van der Waals surface area contributed by atoms with Crippen LogP contribution < -0.4 is 10.0 Å². The summed E-state index contributed by atoms with van der Waals surface area (Å²) >= 11 is 0. The number of aryl methyl sites for hydroxylation is 2. The van der Waals surface area contributed by atoms with Crippen molar-refractivity contribution in [2.45, 2.75) is 71.6 Å². The highest BCUT2D eigenvalue weighted by atomic mass is 32.2. The molecule has 144 valence electrons. The normalized spacial score (nSPS) is 16.8. The van der Waals surface area contributed by atoms with Crippen LogP contribution in [0, 0.1) is 5.92 Å². The Morgan fingerprint density at radius 1 is 1.12 bits per heavy atom. The van der Waals surface area contributed by atoms with Crippen LogP contribution >= 0.6 is 0 Å². The Hall–Kier alpha value is -1.56. The highest BCUT2D eigenvalue weighted by Crippen LogP contribution is 2.38. The molecule has 0 aromatic heterocycles. The Balaban J connectivity index is 1.69. The van der Waals surface area contributed by atoms with Gasteiger partial charge in [0, 0.05) is 5.69 Å². The average Bonchev–Trinajstić information content (AvgIpc) is 3.20. The highest BCUT2D eigenvalue weighted by molar-refractivity contribution is 7.90. The fraction of sp³-hybridized carbons (Fsp3) is 0.650. The van der Waals surface area contributed by atoms with E-state index in [2.05, 4.69) is 23.0 Å². The Bertz CT molecular complexity index is 754. The van der Waals surface area contributed by atoms with Gasteiger partial charge in [0.05, 0.1) is 5.75 Å². The van der Waals surface area contributed by atoms with Gasteiger partial charge in [0.1, 0.15) is 0 Å². The van der Waals surface area contributed by atoms with Gasteiger partial charge in [-0.1, -0.05) is 32.8 Å². The zero-order valence-corrected chi connectivity index (χ0v) is 16.7.